The molecule has 0 spiro atoms. The molecule has 0 unspecified atom stereocenters. The normalized spacial score (nSPS) is 12.3. The molecule has 0 aliphatic heterocycles. The Morgan fingerprint density at radius 3 is 2.37 bits per heavy atom. The standard InChI is InChI=1S/C12H10F5O2/c1-2-4-10(18)8-5-3-6-9(7-8)19-12(16,17)11(13,14)15/h3,5-7H,1-2,4H2. The molecule has 1 aromatic carbocycles. The van der Waals surface area contributed by atoms with Gasteiger partial charge in [0.05, 0.1) is 0 Å². The second-order valence-electron chi connectivity index (χ2n) is 3.67. The third kappa shape index (κ3) is 3.90. The molecule has 0 aliphatic rings. The van der Waals surface area contributed by atoms with Crippen molar-refractivity contribution in [1.82, 2.24) is 0 Å². The summed E-state index contributed by atoms with van der Waals surface area (Å²) in [6.45, 7) is 3.44. The average molecular weight is 281 g/mol. The van der Waals surface area contributed by atoms with Crippen LogP contribution in [0.4, 0.5) is 22.0 Å². The van der Waals surface area contributed by atoms with Crippen molar-refractivity contribution in [3.63, 3.8) is 0 Å². The number of hydrogen-bond acceptors (Lipinski definition) is 2. The van der Waals surface area contributed by atoms with Gasteiger partial charge in [-0.15, -0.1) is 0 Å². The van der Waals surface area contributed by atoms with Crippen LogP contribution < -0.4 is 4.74 Å². The summed E-state index contributed by atoms with van der Waals surface area (Å²) in [5.74, 6) is -1.13. The molecule has 0 atom stereocenters. The predicted molar refractivity (Wildman–Crippen MR) is 57.0 cm³/mol. The predicted octanol–water partition coefficient (Wildman–Crippen LogP) is 4.02. The second kappa shape index (κ2) is 5.54. The van der Waals surface area contributed by atoms with E-state index in [2.05, 4.69) is 11.7 Å². The van der Waals surface area contributed by atoms with Gasteiger partial charge in [-0.3, -0.25) is 4.79 Å². The summed E-state index contributed by atoms with van der Waals surface area (Å²) >= 11 is 0. The van der Waals surface area contributed by atoms with Crippen LogP contribution >= 0.6 is 0 Å². The zero-order chi connectivity index (χ0) is 14.7. The van der Waals surface area contributed by atoms with Gasteiger partial charge in [-0.1, -0.05) is 19.1 Å². The van der Waals surface area contributed by atoms with Gasteiger partial charge in [-0.05, 0) is 18.6 Å². The molecule has 0 N–H and O–H groups in total. The van der Waals surface area contributed by atoms with E-state index < -0.39 is 23.8 Å². The van der Waals surface area contributed by atoms with Gasteiger partial charge in [-0.2, -0.15) is 22.0 Å². The number of carbonyl (C=O) groups excluding carboxylic acids is 1. The maximum absolute atomic E-state index is 12.7. The van der Waals surface area contributed by atoms with Crippen molar-refractivity contribution in [2.75, 3.05) is 0 Å². The van der Waals surface area contributed by atoms with E-state index in [-0.39, 0.29) is 12.0 Å². The lowest BCUT2D eigenvalue weighted by Gasteiger charge is -2.20. The number of rotatable bonds is 5. The Balaban J connectivity index is 2.92. The molecule has 0 saturated carbocycles. The second-order valence-corrected chi connectivity index (χ2v) is 3.67. The van der Waals surface area contributed by atoms with Crippen LogP contribution in [0.15, 0.2) is 24.3 Å². The maximum Gasteiger partial charge on any atom is 0.499 e. The van der Waals surface area contributed by atoms with Crippen molar-refractivity contribution in [3.8, 4) is 5.75 Å². The van der Waals surface area contributed by atoms with Crippen molar-refractivity contribution >= 4 is 5.78 Å². The molecular weight excluding hydrogens is 271 g/mol. The summed E-state index contributed by atoms with van der Waals surface area (Å²) in [7, 11) is 0. The van der Waals surface area contributed by atoms with Crippen LogP contribution in [0.2, 0.25) is 0 Å². The number of benzene rings is 1. The number of halogens is 5. The number of hydrogen-bond donors (Lipinski definition) is 0. The minimum absolute atomic E-state index is 0.000811. The van der Waals surface area contributed by atoms with Gasteiger partial charge in [-0.25, -0.2) is 0 Å². The summed E-state index contributed by atoms with van der Waals surface area (Å²) in [6, 6.07) is 4.23. The first-order chi connectivity index (χ1) is 8.67. The molecule has 7 heteroatoms. The van der Waals surface area contributed by atoms with Crippen molar-refractivity contribution < 1.29 is 31.5 Å². The molecule has 19 heavy (non-hydrogen) atoms. The molecule has 105 valence electrons. The minimum Gasteiger partial charge on any atom is -0.426 e. The van der Waals surface area contributed by atoms with Crippen molar-refractivity contribution in [1.29, 1.82) is 0 Å². The van der Waals surface area contributed by atoms with Gasteiger partial charge < -0.3 is 4.74 Å². The molecule has 0 amide bonds. The first kappa shape index (κ1) is 15.4. The van der Waals surface area contributed by atoms with Gasteiger partial charge in [0, 0.05) is 12.0 Å². The highest BCUT2D eigenvalue weighted by Crippen LogP contribution is 2.37. The Morgan fingerprint density at radius 1 is 1.21 bits per heavy atom. The summed E-state index contributed by atoms with van der Waals surface area (Å²) in [6.07, 6.45) is -10.8. The minimum atomic E-state index is -5.82. The summed E-state index contributed by atoms with van der Waals surface area (Å²) in [4.78, 5) is 11.5. The van der Waals surface area contributed by atoms with Crippen LogP contribution in [-0.2, 0) is 0 Å². The quantitative estimate of drug-likeness (QED) is 0.602. The fourth-order valence-electron chi connectivity index (χ4n) is 1.24. The highest BCUT2D eigenvalue weighted by molar-refractivity contribution is 5.96. The van der Waals surface area contributed by atoms with Crippen molar-refractivity contribution in [3.05, 3.63) is 36.8 Å². The maximum atomic E-state index is 12.7. The third-order valence-electron chi connectivity index (χ3n) is 2.14. The van der Waals surface area contributed by atoms with E-state index >= 15 is 0 Å². The highest BCUT2D eigenvalue weighted by atomic mass is 19.4. The highest BCUT2D eigenvalue weighted by Gasteiger charge is 2.61. The Labute approximate surface area is 106 Å². The van der Waals surface area contributed by atoms with Gasteiger partial charge in [0.1, 0.15) is 5.75 Å². The topological polar surface area (TPSA) is 26.3 Å². The van der Waals surface area contributed by atoms with Gasteiger partial charge in [0.2, 0.25) is 0 Å². The van der Waals surface area contributed by atoms with E-state index in [1.807, 2.05) is 0 Å². The number of carbonyl (C=O) groups is 1. The Bertz CT molecular complexity index is 454. The lowest BCUT2D eigenvalue weighted by Crippen LogP contribution is -2.41. The Kier molecular flexibility index (Phi) is 4.49. The van der Waals surface area contributed by atoms with Crippen LogP contribution in [0.5, 0.6) is 5.75 Å². The fraction of sp³-hybridized carbons (Fsp3) is 0.333. The largest absolute Gasteiger partial charge is 0.499 e. The van der Waals surface area contributed by atoms with Crippen molar-refractivity contribution in [2.45, 2.75) is 25.1 Å². The molecule has 0 bridgehead atoms. The molecule has 2 nitrogen and oxygen atoms in total. The van der Waals surface area contributed by atoms with Gasteiger partial charge >= 0.3 is 12.3 Å². The van der Waals surface area contributed by atoms with E-state index in [1.54, 1.807) is 0 Å². The van der Waals surface area contributed by atoms with Crippen LogP contribution in [0.25, 0.3) is 0 Å². The molecule has 0 aliphatic carbocycles. The molecule has 1 rings (SSSR count). The van der Waals surface area contributed by atoms with Crippen LogP contribution in [-0.4, -0.2) is 18.1 Å². The van der Waals surface area contributed by atoms with Crippen molar-refractivity contribution in [2.24, 2.45) is 0 Å². The molecular formula is C12H10F5O2. The zero-order valence-electron chi connectivity index (χ0n) is 9.64. The molecule has 0 fully saturated rings. The first-order valence-corrected chi connectivity index (χ1v) is 5.23. The zero-order valence-corrected chi connectivity index (χ0v) is 9.64. The smallest absolute Gasteiger partial charge is 0.426 e. The molecule has 0 heterocycles. The fourth-order valence-corrected chi connectivity index (χ4v) is 1.24. The number of Topliss-reactive ketones (excluding diaryl/α,β-unsaturated/α-hetero) is 1. The Hall–Kier alpha value is -1.66. The molecule has 0 saturated heterocycles. The Morgan fingerprint density at radius 2 is 1.84 bits per heavy atom. The van der Waals surface area contributed by atoms with Crippen LogP contribution in [0, 0.1) is 6.92 Å². The van der Waals surface area contributed by atoms with Gasteiger partial charge in [0.15, 0.2) is 5.78 Å². The molecule has 1 radical (unpaired) electrons. The summed E-state index contributed by atoms with van der Waals surface area (Å²) in [5, 5.41) is 0. The van der Waals surface area contributed by atoms with E-state index in [1.165, 1.54) is 6.07 Å². The SMILES string of the molecule is [CH2]CCC(=O)c1cccc(OC(F)(F)C(F)(F)F)c1. The van der Waals surface area contributed by atoms with E-state index in [9.17, 15) is 26.7 Å². The molecule has 1 aromatic rings. The number of ketones is 1. The van der Waals surface area contributed by atoms with E-state index in [0.29, 0.717) is 6.42 Å². The van der Waals surface area contributed by atoms with E-state index in [4.69, 9.17) is 0 Å². The number of alkyl halides is 5. The van der Waals surface area contributed by atoms with E-state index in [0.717, 1.165) is 18.2 Å². The lowest BCUT2D eigenvalue weighted by molar-refractivity contribution is -0.360. The van der Waals surface area contributed by atoms with Gasteiger partial charge in [0.25, 0.3) is 0 Å². The lowest BCUT2D eigenvalue weighted by atomic mass is 10.1. The number of ether oxygens (including phenoxy) is 1. The molecule has 0 aromatic heterocycles. The monoisotopic (exact) mass is 281 g/mol. The third-order valence-corrected chi connectivity index (χ3v) is 2.14. The summed E-state index contributed by atoms with van der Waals surface area (Å²) < 4.78 is 64.8. The first-order valence-electron chi connectivity index (χ1n) is 5.23. The van der Waals surface area contributed by atoms with Crippen LogP contribution in [0.3, 0.4) is 0 Å². The van der Waals surface area contributed by atoms with Crippen LogP contribution in [0.1, 0.15) is 23.2 Å². The average Bonchev–Trinajstić information content (AvgIpc) is 2.27. The summed E-state index contributed by atoms with van der Waals surface area (Å²) in [5.41, 5.74) is -0.000811.